The molecular formula is C11H16N-. The monoisotopic (exact) mass is 162 g/mol. The van der Waals surface area contributed by atoms with E-state index in [1.165, 1.54) is 16.7 Å². The topological polar surface area (TPSA) is 14.1 Å². The highest BCUT2D eigenvalue weighted by molar-refractivity contribution is 5.30. The van der Waals surface area contributed by atoms with Crippen molar-refractivity contribution in [1.82, 2.24) is 0 Å². The SMILES string of the molecule is C[N-]CCc1ccc(C)cc1C. The van der Waals surface area contributed by atoms with Gasteiger partial charge in [-0.25, -0.2) is 0 Å². The number of rotatable bonds is 3. The van der Waals surface area contributed by atoms with Crippen LogP contribution in [-0.2, 0) is 6.42 Å². The molecule has 1 aromatic rings. The summed E-state index contributed by atoms with van der Waals surface area (Å²) in [6, 6.07) is 6.60. The second kappa shape index (κ2) is 4.27. The predicted molar refractivity (Wildman–Crippen MR) is 53.8 cm³/mol. The molecule has 0 saturated heterocycles. The Kier molecular flexibility index (Phi) is 3.30. The van der Waals surface area contributed by atoms with E-state index in [1.807, 2.05) is 7.05 Å². The lowest BCUT2D eigenvalue weighted by Crippen LogP contribution is -1.93. The Morgan fingerprint density at radius 2 is 2.00 bits per heavy atom. The predicted octanol–water partition coefficient (Wildman–Crippen LogP) is 2.85. The van der Waals surface area contributed by atoms with Crippen LogP contribution in [0.4, 0.5) is 0 Å². The molecule has 1 rings (SSSR count). The molecule has 0 aliphatic rings. The fourth-order valence-corrected chi connectivity index (χ4v) is 1.36. The smallest absolute Gasteiger partial charge is 0.0395 e. The molecule has 0 fully saturated rings. The highest BCUT2D eigenvalue weighted by Crippen LogP contribution is 2.11. The minimum Gasteiger partial charge on any atom is -0.665 e. The van der Waals surface area contributed by atoms with E-state index in [-0.39, 0.29) is 0 Å². The Morgan fingerprint density at radius 1 is 1.25 bits per heavy atom. The van der Waals surface area contributed by atoms with Crippen LogP contribution in [0.25, 0.3) is 5.32 Å². The second-order valence-corrected chi connectivity index (χ2v) is 3.22. The number of likely N-dealkylation sites (N-methyl/N-ethyl adjacent to an activating group) is 1. The molecule has 0 bridgehead atoms. The number of hydrogen-bond acceptors (Lipinski definition) is 0. The van der Waals surface area contributed by atoms with Crippen LogP contribution >= 0.6 is 0 Å². The van der Waals surface area contributed by atoms with Gasteiger partial charge in [0.05, 0.1) is 0 Å². The Labute approximate surface area is 74.8 Å². The molecule has 1 nitrogen and oxygen atoms in total. The third-order valence-electron chi connectivity index (χ3n) is 2.10. The fraction of sp³-hybridized carbons (Fsp3) is 0.455. The summed E-state index contributed by atoms with van der Waals surface area (Å²) in [4.78, 5) is 0. The molecule has 0 radical (unpaired) electrons. The van der Waals surface area contributed by atoms with Crippen molar-refractivity contribution in [3.8, 4) is 0 Å². The van der Waals surface area contributed by atoms with E-state index < -0.39 is 0 Å². The summed E-state index contributed by atoms with van der Waals surface area (Å²) in [5.74, 6) is 0. The first kappa shape index (κ1) is 9.27. The largest absolute Gasteiger partial charge is 0.665 e. The summed E-state index contributed by atoms with van der Waals surface area (Å²) < 4.78 is 0. The van der Waals surface area contributed by atoms with Crippen molar-refractivity contribution >= 4 is 0 Å². The summed E-state index contributed by atoms with van der Waals surface area (Å²) in [6.07, 6.45) is 1.07. The number of benzene rings is 1. The Hall–Kier alpha value is -0.820. The van der Waals surface area contributed by atoms with Crippen molar-refractivity contribution in [3.05, 3.63) is 40.2 Å². The minimum absolute atomic E-state index is 0.934. The number of hydrogen-bond donors (Lipinski definition) is 0. The van der Waals surface area contributed by atoms with Crippen LogP contribution in [-0.4, -0.2) is 13.6 Å². The lowest BCUT2D eigenvalue weighted by atomic mass is 10.0. The molecule has 1 heteroatoms. The van der Waals surface area contributed by atoms with Crippen molar-refractivity contribution in [3.63, 3.8) is 0 Å². The maximum Gasteiger partial charge on any atom is -0.0395 e. The first-order valence-corrected chi connectivity index (χ1v) is 4.36. The Balaban J connectivity index is 2.72. The summed E-state index contributed by atoms with van der Waals surface area (Å²) in [5, 5.41) is 4.09. The van der Waals surface area contributed by atoms with Crippen molar-refractivity contribution in [2.45, 2.75) is 20.3 Å². The van der Waals surface area contributed by atoms with Crippen LogP contribution in [0.5, 0.6) is 0 Å². The van der Waals surface area contributed by atoms with Gasteiger partial charge in [0.1, 0.15) is 0 Å². The minimum atomic E-state index is 0.934. The molecule has 0 aromatic heterocycles. The third kappa shape index (κ3) is 2.35. The van der Waals surface area contributed by atoms with Gasteiger partial charge in [0, 0.05) is 0 Å². The quantitative estimate of drug-likeness (QED) is 0.649. The van der Waals surface area contributed by atoms with Gasteiger partial charge >= 0.3 is 0 Å². The van der Waals surface area contributed by atoms with Crippen molar-refractivity contribution in [1.29, 1.82) is 0 Å². The normalized spacial score (nSPS) is 10.2. The standard InChI is InChI=1S/C11H16N/c1-9-4-5-11(6-7-12-3)10(2)8-9/h4-5,8H,6-7H2,1-3H3/q-1. The van der Waals surface area contributed by atoms with E-state index >= 15 is 0 Å². The van der Waals surface area contributed by atoms with Crippen LogP contribution in [0.1, 0.15) is 16.7 Å². The van der Waals surface area contributed by atoms with Crippen molar-refractivity contribution in [2.75, 3.05) is 13.6 Å². The molecule has 0 saturated carbocycles. The van der Waals surface area contributed by atoms with E-state index in [9.17, 15) is 0 Å². The molecule has 0 heterocycles. The summed E-state index contributed by atoms with van der Waals surface area (Å²) in [6.45, 7) is 5.23. The molecule has 0 aliphatic heterocycles. The molecular weight excluding hydrogens is 146 g/mol. The van der Waals surface area contributed by atoms with Crippen molar-refractivity contribution < 1.29 is 0 Å². The lowest BCUT2D eigenvalue weighted by Gasteiger charge is -2.12. The summed E-state index contributed by atoms with van der Waals surface area (Å²) in [5.41, 5.74) is 4.15. The summed E-state index contributed by atoms with van der Waals surface area (Å²) in [7, 11) is 1.86. The molecule has 0 unspecified atom stereocenters. The molecule has 0 N–H and O–H groups in total. The maximum atomic E-state index is 4.09. The van der Waals surface area contributed by atoms with Gasteiger partial charge in [0.2, 0.25) is 0 Å². The van der Waals surface area contributed by atoms with Crippen molar-refractivity contribution in [2.24, 2.45) is 0 Å². The molecule has 0 spiro atoms. The van der Waals surface area contributed by atoms with E-state index in [1.54, 1.807) is 0 Å². The highest BCUT2D eigenvalue weighted by atomic mass is 14.8. The zero-order valence-electron chi connectivity index (χ0n) is 8.09. The number of nitrogens with zero attached hydrogens (tertiary/aromatic N) is 1. The van der Waals surface area contributed by atoms with Gasteiger partial charge in [-0.15, -0.1) is 6.54 Å². The van der Waals surface area contributed by atoms with Gasteiger partial charge in [-0.1, -0.05) is 23.8 Å². The lowest BCUT2D eigenvalue weighted by molar-refractivity contribution is 1.02. The zero-order chi connectivity index (χ0) is 8.97. The molecule has 0 amide bonds. The molecule has 12 heavy (non-hydrogen) atoms. The van der Waals surface area contributed by atoms with Gasteiger partial charge in [-0.2, -0.15) is 7.05 Å². The van der Waals surface area contributed by atoms with Gasteiger partial charge in [0.15, 0.2) is 0 Å². The van der Waals surface area contributed by atoms with E-state index in [2.05, 4.69) is 37.4 Å². The average molecular weight is 162 g/mol. The zero-order valence-corrected chi connectivity index (χ0v) is 8.09. The van der Waals surface area contributed by atoms with E-state index in [4.69, 9.17) is 0 Å². The van der Waals surface area contributed by atoms with Gasteiger partial charge in [-0.05, 0) is 31.4 Å². The second-order valence-electron chi connectivity index (χ2n) is 3.22. The van der Waals surface area contributed by atoms with Crippen LogP contribution in [0, 0.1) is 13.8 Å². The van der Waals surface area contributed by atoms with E-state index in [0.717, 1.165) is 13.0 Å². The third-order valence-corrected chi connectivity index (χ3v) is 2.10. The Morgan fingerprint density at radius 3 is 2.58 bits per heavy atom. The molecule has 0 atom stereocenters. The van der Waals surface area contributed by atoms with Gasteiger partial charge in [0.25, 0.3) is 0 Å². The van der Waals surface area contributed by atoms with E-state index in [0.29, 0.717) is 0 Å². The average Bonchev–Trinajstić information content (AvgIpc) is 2.03. The van der Waals surface area contributed by atoms with Gasteiger partial charge < -0.3 is 5.32 Å². The summed E-state index contributed by atoms with van der Waals surface area (Å²) >= 11 is 0. The molecule has 1 aromatic carbocycles. The highest BCUT2D eigenvalue weighted by Gasteiger charge is 1.94. The van der Waals surface area contributed by atoms with Crippen LogP contribution in [0.3, 0.4) is 0 Å². The van der Waals surface area contributed by atoms with Crippen LogP contribution in [0.2, 0.25) is 0 Å². The maximum absolute atomic E-state index is 4.09. The molecule has 66 valence electrons. The Bertz CT molecular complexity index is 253. The number of aryl methyl sites for hydroxylation is 2. The molecule has 0 aliphatic carbocycles. The first-order valence-electron chi connectivity index (χ1n) is 4.36. The fourth-order valence-electron chi connectivity index (χ4n) is 1.36. The van der Waals surface area contributed by atoms with Crippen LogP contribution < -0.4 is 0 Å². The first-order chi connectivity index (χ1) is 5.74. The van der Waals surface area contributed by atoms with Gasteiger partial charge in [-0.3, -0.25) is 0 Å². The van der Waals surface area contributed by atoms with Crippen LogP contribution in [0.15, 0.2) is 18.2 Å².